The number of unbranched alkanes of at least 4 members (excludes halogenated alkanes) is 2. The number of aryl methyl sites for hydroxylation is 1. The minimum Gasteiger partial charge on any atom is -0.496 e. The van der Waals surface area contributed by atoms with Crippen LogP contribution in [0.2, 0.25) is 0 Å². The molecule has 0 heterocycles. The van der Waals surface area contributed by atoms with E-state index < -0.39 is 6.10 Å². The van der Waals surface area contributed by atoms with E-state index in [1.807, 2.05) is 25.1 Å². The first-order valence-corrected chi connectivity index (χ1v) is 7.70. The van der Waals surface area contributed by atoms with Gasteiger partial charge in [0.25, 0.3) is 0 Å². The molecule has 114 valence electrons. The van der Waals surface area contributed by atoms with Gasteiger partial charge in [0.2, 0.25) is 0 Å². The fourth-order valence-corrected chi connectivity index (χ4v) is 2.44. The minimum absolute atomic E-state index is 0.0718. The molecule has 0 aliphatic heterocycles. The lowest BCUT2D eigenvalue weighted by molar-refractivity contribution is 0.122. The molecule has 1 aromatic rings. The lowest BCUT2D eigenvalue weighted by Gasteiger charge is -2.25. The lowest BCUT2D eigenvalue weighted by Crippen LogP contribution is -2.35. The summed E-state index contributed by atoms with van der Waals surface area (Å²) >= 11 is 0. The summed E-state index contributed by atoms with van der Waals surface area (Å²) in [6.07, 6.45) is 3.96. The molecule has 0 spiro atoms. The number of hydrogen-bond donors (Lipinski definition) is 2. The second kappa shape index (κ2) is 8.98. The van der Waals surface area contributed by atoms with Crippen molar-refractivity contribution in [3.8, 4) is 5.75 Å². The van der Waals surface area contributed by atoms with Gasteiger partial charge in [-0.3, -0.25) is 0 Å². The molecule has 0 aliphatic rings. The summed E-state index contributed by atoms with van der Waals surface area (Å²) < 4.78 is 5.37. The Morgan fingerprint density at radius 1 is 1.25 bits per heavy atom. The number of hydrogen-bond acceptors (Lipinski definition) is 3. The van der Waals surface area contributed by atoms with Crippen LogP contribution < -0.4 is 10.1 Å². The number of aliphatic hydroxyl groups is 1. The predicted octanol–water partition coefficient (Wildman–Crippen LogP) is 3.60. The van der Waals surface area contributed by atoms with Crippen molar-refractivity contribution in [2.24, 2.45) is 0 Å². The summed E-state index contributed by atoms with van der Waals surface area (Å²) in [6, 6.07) is 6.02. The average molecular weight is 279 g/mol. The van der Waals surface area contributed by atoms with Crippen LogP contribution in [0.25, 0.3) is 0 Å². The summed E-state index contributed by atoms with van der Waals surface area (Å²) in [5.74, 6) is 0.761. The molecular formula is C17H29NO2. The molecule has 0 bridgehead atoms. The zero-order valence-electron chi connectivity index (χ0n) is 13.3. The van der Waals surface area contributed by atoms with Crippen LogP contribution in [-0.2, 0) is 0 Å². The van der Waals surface area contributed by atoms with Crippen LogP contribution in [0.5, 0.6) is 5.75 Å². The number of methoxy groups -OCH3 is 1. The Morgan fingerprint density at radius 2 is 2.00 bits per heavy atom. The number of ether oxygens (including phenoxy) is 1. The van der Waals surface area contributed by atoms with Crippen molar-refractivity contribution in [1.29, 1.82) is 0 Å². The fourth-order valence-electron chi connectivity index (χ4n) is 2.44. The SMILES string of the molecule is CCCCCNC(CC)C(O)c1cc(C)ccc1OC. The number of benzene rings is 1. The normalized spacial score (nSPS) is 14.1. The zero-order valence-corrected chi connectivity index (χ0v) is 13.3. The quantitative estimate of drug-likeness (QED) is 0.679. The van der Waals surface area contributed by atoms with Crippen molar-refractivity contribution in [1.82, 2.24) is 5.32 Å². The van der Waals surface area contributed by atoms with Gasteiger partial charge in [0.15, 0.2) is 0 Å². The molecule has 2 N–H and O–H groups in total. The molecule has 0 saturated carbocycles. The second-order valence-corrected chi connectivity index (χ2v) is 5.37. The van der Waals surface area contributed by atoms with Crippen LogP contribution in [0.15, 0.2) is 18.2 Å². The van der Waals surface area contributed by atoms with E-state index in [1.54, 1.807) is 7.11 Å². The number of rotatable bonds is 9. The summed E-state index contributed by atoms with van der Waals surface area (Å²) in [5.41, 5.74) is 2.02. The van der Waals surface area contributed by atoms with Crippen molar-refractivity contribution in [3.63, 3.8) is 0 Å². The molecule has 1 aromatic carbocycles. The van der Waals surface area contributed by atoms with Gasteiger partial charge in [-0.1, -0.05) is 38.3 Å². The maximum absolute atomic E-state index is 10.6. The summed E-state index contributed by atoms with van der Waals surface area (Å²) in [4.78, 5) is 0. The molecule has 0 aliphatic carbocycles. The summed E-state index contributed by atoms with van der Waals surface area (Å²) in [6.45, 7) is 7.29. The third kappa shape index (κ3) is 4.80. The Hall–Kier alpha value is -1.06. The van der Waals surface area contributed by atoms with E-state index in [-0.39, 0.29) is 6.04 Å². The smallest absolute Gasteiger partial charge is 0.124 e. The largest absolute Gasteiger partial charge is 0.496 e. The molecule has 0 saturated heterocycles. The van der Waals surface area contributed by atoms with Gasteiger partial charge in [-0.2, -0.15) is 0 Å². The molecule has 0 radical (unpaired) electrons. The highest BCUT2D eigenvalue weighted by molar-refractivity contribution is 5.39. The predicted molar refractivity (Wildman–Crippen MR) is 84.3 cm³/mol. The van der Waals surface area contributed by atoms with Gasteiger partial charge in [0.1, 0.15) is 5.75 Å². The van der Waals surface area contributed by atoms with Gasteiger partial charge in [-0.05, 0) is 38.4 Å². The lowest BCUT2D eigenvalue weighted by atomic mass is 9.97. The Labute approximate surface area is 123 Å². The van der Waals surface area contributed by atoms with Crippen LogP contribution in [0.3, 0.4) is 0 Å². The van der Waals surface area contributed by atoms with Crippen molar-refractivity contribution in [2.45, 2.75) is 58.6 Å². The Bertz CT molecular complexity index is 393. The summed E-state index contributed by atoms with van der Waals surface area (Å²) in [5, 5.41) is 14.1. The van der Waals surface area contributed by atoms with Crippen molar-refractivity contribution < 1.29 is 9.84 Å². The van der Waals surface area contributed by atoms with Crippen LogP contribution in [0, 0.1) is 6.92 Å². The van der Waals surface area contributed by atoms with Gasteiger partial charge >= 0.3 is 0 Å². The van der Waals surface area contributed by atoms with Crippen molar-refractivity contribution >= 4 is 0 Å². The van der Waals surface area contributed by atoms with Gasteiger partial charge in [0.05, 0.1) is 13.2 Å². The van der Waals surface area contributed by atoms with Crippen molar-refractivity contribution in [2.75, 3.05) is 13.7 Å². The first kappa shape index (κ1) is 17.0. The molecule has 0 aromatic heterocycles. The van der Waals surface area contributed by atoms with E-state index in [9.17, 15) is 5.11 Å². The van der Waals surface area contributed by atoms with Crippen LogP contribution in [0.1, 0.15) is 56.8 Å². The molecule has 20 heavy (non-hydrogen) atoms. The molecule has 1 rings (SSSR count). The van der Waals surface area contributed by atoms with E-state index in [1.165, 1.54) is 12.8 Å². The molecular weight excluding hydrogens is 250 g/mol. The first-order chi connectivity index (χ1) is 9.63. The van der Waals surface area contributed by atoms with Gasteiger partial charge in [0, 0.05) is 11.6 Å². The monoisotopic (exact) mass is 279 g/mol. The van der Waals surface area contributed by atoms with E-state index in [4.69, 9.17) is 4.74 Å². The number of aliphatic hydroxyl groups excluding tert-OH is 1. The Kier molecular flexibility index (Phi) is 7.63. The second-order valence-electron chi connectivity index (χ2n) is 5.37. The maximum atomic E-state index is 10.6. The molecule has 2 atom stereocenters. The van der Waals surface area contributed by atoms with Crippen LogP contribution >= 0.6 is 0 Å². The van der Waals surface area contributed by atoms with E-state index in [2.05, 4.69) is 19.2 Å². The molecule has 3 nitrogen and oxygen atoms in total. The van der Waals surface area contributed by atoms with Gasteiger partial charge < -0.3 is 15.2 Å². The maximum Gasteiger partial charge on any atom is 0.124 e. The molecule has 0 amide bonds. The minimum atomic E-state index is -0.531. The third-order valence-electron chi connectivity index (χ3n) is 3.71. The highest BCUT2D eigenvalue weighted by Gasteiger charge is 2.22. The number of nitrogens with one attached hydrogen (secondary N) is 1. The fraction of sp³-hybridized carbons (Fsp3) is 0.647. The van der Waals surface area contributed by atoms with Gasteiger partial charge in [-0.25, -0.2) is 0 Å². The highest BCUT2D eigenvalue weighted by atomic mass is 16.5. The Morgan fingerprint density at radius 3 is 2.60 bits per heavy atom. The molecule has 0 fully saturated rings. The highest BCUT2D eigenvalue weighted by Crippen LogP contribution is 2.29. The standard InChI is InChI=1S/C17H29NO2/c1-5-7-8-11-18-15(6-2)17(19)14-12-13(3)9-10-16(14)20-4/h9-10,12,15,17-19H,5-8,11H2,1-4H3. The van der Waals surface area contributed by atoms with Crippen molar-refractivity contribution in [3.05, 3.63) is 29.3 Å². The Balaban J connectivity index is 2.74. The van der Waals surface area contributed by atoms with Crippen LogP contribution in [-0.4, -0.2) is 24.8 Å². The van der Waals surface area contributed by atoms with Crippen LogP contribution in [0.4, 0.5) is 0 Å². The first-order valence-electron chi connectivity index (χ1n) is 7.70. The average Bonchev–Trinajstić information content (AvgIpc) is 2.46. The van der Waals surface area contributed by atoms with E-state index >= 15 is 0 Å². The molecule has 2 unspecified atom stereocenters. The third-order valence-corrected chi connectivity index (χ3v) is 3.71. The molecule has 3 heteroatoms. The topological polar surface area (TPSA) is 41.5 Å². The van der Waals surface area contributed by atoms with E-state index in [0.29, 0.717) is 0 Å². The zero-order chi connectivity index (χ0) is 15.0. The van der Waals surface area contributed by atoms with Gasteiger partial charge in [-0.15, -0.1) is 0 Å². The summed E-state index contributed by atoms with van der Waals surface area (Å²) in [7, 11) is 1.65. The van der Waals surface area contributed by atoms with E-state index in [0.717, 1.165) is 36.3 Å².